The number of nitrogens with one attached hydrogen (secondary N) is 1. The van der Waals surface area contributed by atoms with E-state index in [9.17, 15) is 24.8 Å². The van der Waals surface area contributed by atoms with Gasteiger partial charge < -0.3 is 10.4 Å². The van der Waals surface area contributed by atoms with E-state index in [1.165, 1.54) is 30.3 Å². The van der Waals surface area contributed by atoms with Gasteiger partial charge in [0.1, 0.15) is 11.4 Å². The molecule has 162 valence electrons. The minimum Gasteiger partial charge on any atom is -0.508 e. The van der Waals surface area contributed by atoms with Crippen LogP contribution in [0.2, 0.25) is 0 Å². The minimum absolute atomic E-state index is 0.0385. The molecular formula is C24H14BrN3O5. The molecule has 1 aliphatic rings. The lowest BCUT2D eigenvalue weighted by molar-refractivity contribution is -0.383. The Kier molecular flexibility index (Phi) is 4.83. The fourth-order valence-electron chi connectivity index (χ4n) is 3.97. The van der Waals surface area contributed by atoms with Gasteiger partial charge in [0.2, 0.25) is 0 Å². The largest absolute Gasteiger partial charge is 0.508 e. The van der Waals surface area contributed by atoms with Gasteiger partial charge in [0.25, 0.3) is 17.5 Å². The van der Waals surface area contributed by atoms with Gasteiger partial charge in [0.05, 0.1) is 16.2 Å². The summed E-state index contributed by atoms with van der Waals surface area (Å²) in [6, 6.07) is 18.8. The van der Waals surface area contributed by atoms with E-state index in [-0.39, 0.29) is 33.9 Å². The van der Waals surface area contributed by atoms with Gasteiger partial charge in [-0.3, -0.25) is 19.7 Å². The van der Waals surface area contributed by atoms with Crippen LogP contribution in [-0.2, 0) is 0 Å². The maximum atomic E-state index is 13.4. The number of hydrogen-bond acceptors (Lipinski definition) is 6. The topological polar surface area (TPSA) is 113 Å². The first-order chi connectivity index (χ1) is 15.8. The zero-order valence-electron chi connectivity index (χ0n) is 16.8. The van der Waals surface area contributed by atoms with E-state index in [0.717, 1.165) is 9.37 Å². The second kappa shape index (κ2) is 7.72. The molecule has 1 aliphatic heterocycles. The second-order valence-corrected chi connectivity index (χ2v) is 8.32. The molecule has 0 bridgehead atoms. The Balaban J connectivity index is 1.75. The Bertz CT molecular complexity index is 1480. The molecule has 8 nitrogen and oxygen atoms in total. The molecule has 4 aromatic rings. The molecule has 33 heavy (non-hydrogen) atoms. The molecule has 4 aromatic carbocycles. The number of rotatable bonds is 4. The number of carbonyl (C=O) groups is 2. The van der Waals surface area contributed by atoms with Crippen molar-refractivity contribution < 1.29 is 19.6 Å². The summed E-state index contributed by atoms with van der Waals surface area (Å²) in [6.07, 6.45) is 0. The lowest BCUT2D eigenvalue weighted by atomic mass is 9.91. The van der Waals surface area contributed by atoms with Gasteiger partial charge in [-0.1, -0.05) is 34.1 Å². The minimum atomic E-state index is -0.701. The van der Waals surface area contributed by atoms with E-state index >= 15 is 0 Å². The predicted molar refractivity (Wildman–Crippen MR) is 127 cm³/mol. The highest BCUT2D eigenvalue weighted by Gasteiger charge is 2.37. The van der Waals surface area contributed by atoms with E-state index in [2.05, 4.69) is 21.2 Å². The Labute approximate surface area is 195 Å². The second-order valence-electron chi connectivity index (χ2n) is 7.40. The van der Waals surface area contributed by atoms with Crippen molar-refractivity contribution in [1.29, 1.82) is 0 Å². The molecule has 0 radical (unpaired) electrons. The summed E-state index contributed by atoms with van der Waals surface area (Å²) in [5.41, 5.74) is 0.950. The fourth-order valence-corrected chi connectivity index (χ4v) is 4.23. The van der Waals surface area contributed by atoms with E-state index in [1.54, 1.807) is 42.5 Å². The zero-order chi connectivity index (χ0) is 23.3. The lowest BCUT2D eigenvalue weighted by Gasteiger charge is -2.28. The molecule has 0 saturated carbocycles. The lowest BCUT2D eigenvalue weighted by Crippen LogP contribution is -2.40. The number of amides is 2. The number of nitro groups is 1. The van der Waals surface area contributed by atoms with Gasteiger partial charge in [-0.15, -0.1) is 0 Å². The number of phenolic OH excluding ortho intramolecular Hbond substituents is 1. The van der Waals surface area contributed by atoms with Crippen LogP contribution in [0.4, 0.5) is 22.7 Å². The summed E-state index contributed by atoms with van der Waals surface area (Å²) in [4.78, 5) is 39.0. The van der Waals surface area contributed by atoms with Crippen molar-refractivity contribution in [2.45, 2.75) is 0 Å². The molecule has 0 atom stereocenters. The number of imide groups is 1. The molecule has 0 unspecified atom stereocenters. The third-order valence-corrected chi connectivity index (χ3v) is 5.93. The average molecular weight is 504 g/mol. The van der Waals surface area contributed by atoms with Crippen LogP contribution < -0.4 is 10.2 Å². The van der Waals surface area contributed by atoms with Crippen LogP contribution in [0.1, 0.15) is 20.7 Å². The predicted octanol–water partition coefficient (Wildman–Crippen LogP) is 5.76. The number of anilines is 3. The summed E-state index contributed by atoms with van der Waals surface area (Å²) >= 11 is 3.36. The van der Waals surface area contributed by atoms with Crippen LogP contribution in [0.3, 0.4) is 0 Å². The smallest absolute Gasteiger partial charge is 0.294 e. The average Bonchev–Trinajstić information content (AvgIpc) is 2.79. The van der Waals surface area contributed by atoms with Crippen molar-refractivity contribution in [3.05, 3.63) is 98.5 Å². The number of phenols is 1. The number of halogens is 1. The first kappa shape index (κ1) is 20.7. The SMILES string of the molecule is O=C1c2cccc3c(Nc4ccc(Br)cc4)c([N+](=O)[O-])cc(c23)C(=O)N1c1cccc(O)c1. The van der Waals surface area contributed by atoms with Crippen molar-refractivity contribution >= 4 is 61.3 Å². The Morgan fingerprint density at radius 3 is 2.30 bits per heavy atom. The summed E-state index contributed by atoms with van der Waals surface area (Å²) in [5.74, 6) is -1.39. The highest BCUT2D eigenvalue weighted by molar-refractivity contribution is 9.10. The Morgan fingerprint density at radius 2 is 1.61 bits per heavy atom. The van der Waals surface area contributed by atoms with Crippen LogP contribution in [0.25, 0.3) is 10.8 Å². The van der Waals surface area contributed by atoms with Crippen molar-refractivity contribution in [1.82, 2.24) is 0 Å². The van der Waals surface area contributed by atoms with Crippen LogP contribution >= 0.6 is 15.9 Å². The molecule has 0 aliphatic carbocycles. The maximum Gasteiger partial charge on any atom is 0.294 e. The van der Waals surface area contributed by atoms with Crippen LogP contribution in [0.15, 0.2) is 77.3 Å². The molecular weight excluding hydrogens is 490 g/mol. The highest BCUT2D eigenvalue weighted by atomic mass is 79.9. The molecule has 1 heterocycles. The van der Waals surface area contributed by atoms with E-state index in [4.69, 9.17) is 0 Å². The number of hydrogen-bond donors (Lipinski definition) is 2. The normalized spacial score (nSPS) is 12.8. The van der Waals surface area contributed by atoms with Crippen molar-refractivity contribution in [2.75, 3.05) is 10.2 Å². The first-order valence-electron chi connectivity index (χ1n) is 9.79. The van der Waals surface area contributed by atoms with Gasteiger partial charge in [0.15, 0.2) is 0 Å². The number of nitrogens with zero attached hydrogens (tertiary/aromatic N) is 2. The van der Waals surface area contributed by atoms with Crippen LogP contribution in [0.5, 0.6) is 5.75 Å². The molecule has 9 heteroatoms. The summed E-state index contributed by atoms with van der Waals surface area (Å²) < 4.78 is 0.850. The number of aromatic hydroxyl groups is 1. The summed E-state index contributed by atoms with van der Waals surface area (Å²) in [6.45, 7) is 0. The zero-order valence-corrected chi connectivity index (χ0v) is 18.4. The van der Waals surface area contributed by atoms with Crippen molar-refractivity contribution in [3.8, 4) is 5.75 Å². The molecule has 2 amide bonds. The number of nitro benzene ring substituents is 1. The monoisotopic (exact) mass is 503 g/mol. The summed E-state index contributed by atoms with van der Waals surface area (Å²) in [7, 11) is 0. The molecule has 0 spiro atoms. The Morgan fingerprint density at radius 1 is 0.909 bits per heavy atom. The van der Waals surface area contributed by atoms with Crippen molar-refractivity contribution in [3.63, 3.8) is 0 Å². The third-order valence-electron chi connectivity index (χ3n) is 5.41. The van der Waals surface area contributed by atoms with E-state index in [0.29, 0.717) is 16.5 Å². The van der Waals surface area contributed by atoms with Gasteiger partial charge in [0, 0.05) is 38.6 Å². The maximum absolute atomic E-state index is 13.4. The van der Waals surface area contributed by atoms with Gasteiger partial charge in [-0.25, -0.2) is 4.90 Å². The molecule has 2 N–H and O–H groups in total. The molecule has 0 aromatic heterocycles. The van der Waals surface area contributed by atoms with Crippen LogP contribution in [-0.4, -0.2) is 21.8 Å². The van der Waals surface area contributed by atoms with Crippen molar-refractivity contribution in [2.24, 2.45) is 0 Å². The van der Waals surface area contributed by atoms with E-state index in [1.807, 2.05) is 0 Å². The fraction of sp³-hybridized carbons (Fsp3) is 0. The molecule has 5 rings (SSSR count). The van der Waals surface area contributed by atoms with Gasteiger partial charge in [-0.2, -0.15) is 0 Å². The Hall–Kier alpha value is -4.24. The number of carbonyl (C=O) groups excluding carboxylic acids is 2. The number of benzene rings is 4. The standard InChI is InChI=1S/C24H14BrN3O5/c25-13-7-9-14(10-8-13)26-22-17-5-2-6-18-21(17)19(12-20(22)28(32)33)24(31)27(23(18)30)15-3-1-4-16(29)11-15/h1-12,26,29H. The molecule has 0 fully saturated rings. The van der Waals surface area contributed by atoms with Gasteiger partial charge >= 0.3 is 0 Å². The highest BCUT2D eigenvalue weighted by Crippen LogP contribution is 2.42. The summed E-state index contributed by atoms with van der Waals surface area (Å²) in [5, 5.41) is 25.6. The van der Waals surface area contributed by atoms with Gasteiger partial charge in [-0.05, 0) is 42.5 Å². The first-order valence-corrected chi connectivity index (χ1v) is 10.6. The quantitative estimate of drug-likeness (QED) is 0.208. The van der Waals surface area contributed by atoms with E-state index < -0.39 is 16.7 Å². The molecule has 0 saturated heterocycles. The third kappa shape index (κ3) is 3.39. The van der Waals surface area contributed by atoms with Crippen LogP contribution in [0, 0.1) is 10.1 Å².